The first-order valence-electron chi connectivity index (χ1n) is 17.6. The van der Waals surface area contributed by atoms with Gasteiger partial charge in [0.25, 0.3) is 0 Å². The number of allylic oxidation sites excluding steroid dienone is 1. The number of benzene rings is 2. The number of hydrogen-bond acceptors (Lipinski definition) is 4. The van der Waals surface area contributed by atoms with E-state index < -0.39 is 7.82 Å². The van der Waals surface area contributed by atoms with Crippen LogP contribution in [-0.2, 0) is 9.09 Å². The molecule has 240 valence electrons. The van der Waals surface area contributed by atoms with E-state index >= 15 is 0 Å². The minimum absolute atomic E-state index is 0.194. The van der Waals surface area contributed by atoms with Gasteiger partial charge in [-0.1, -0.05) is 102 Å². The van der Waals surface area contributed by atoms with Crippen molar-refractivity contribution >= 4 is 7.82 Å². The molecule has 0 radical (unpaired) electrons. The van der Waals surface area contributed by atoms with Crippen LogP contribution >= 0.6 is 7.82 Å². The maximum Gasteiger partial charge on any atom is 0.587 e. The lowest BCUT2D eigenvalue weighted by Crippen LogP contribution is -2.51. The van der Waals surface area contributed by atoms with E-state index in [0.29, 0.717) is 16.9 Å². The molecule has 0 heterocycles. The van der Waals surface area contributed by atoms with Gasteiger partial charge in [-0.05, 0) is 122 Å². The van der Waals surface area contributed by atoms with Crippen molar-refractivity contribution in [3.05, 3.63) is 72.3 Å². The number of para-hydroxylation sites is 2. The lowest BCUT2D eigenvalue weighted by Gasteiger charge is -2.58. The first-order chi connectivity index (χ1) is 21.1. The van der Waals surface area contributed by atoms with Crippen molar-refractivity contribution in [1.82, 2.24) is 0 Å². The van der Waals surface area contributed by atoms with Gasteiger partial charge in [-0.3, -0.25) is 4.52 Å². The van der Waals surface area contributed by atoms with Crippen LogP contribution < -0.4 is 9.05 Å². The first kappa shape index (κ1) is 31.9. The molecule has 0 saturated heterocycles. The van der Waals surface area contributed by atoms with Crippen LogP contribution in [0.5, 0.6) is 11.5 Å². The quantitative estimate of drug-likeness (QED) is 0.186. The second kappa shape index (κ2) is 13.0. The summed E-state index contributed by atoms with van der Waals surface area (Å²) in [7, 11) is -3.91. The smallest absolute Gasteiger partial charge is 0.395 e. The summed E-state index contributed by atoms with van der Waals surface area (Å²) < 4.78 is 32.4. The molecule has 0 spiro atoms. The van der Waals surface area contributed by atoms with E-state index in [1.807, 2.05) is 36.4 Å². The zero-order valence-corrected chi connectivity index (χ0v) is 28.6. The fourth-order valence-electron chi connectivity index (χ4n) is 10.2. The van der Waals surface area contributed by atoms with E-state index in [0.717, 1.165) is 54.8 Å². The maximum atomic E-state index is 14.1. The zero-order chi connectivity index (χ0) is 31.0. The van der Waals surface area contributed by atoms with Crippen LogP contribution in [0.4, 0.5) is 0 Å². The molecule has 5 heteroatoms. The van der Waals surface area contributed by atoms with Gasteiger partial charge in [-0.2, -0.15) is 0 Å². The summed E-state index contributed by atoms with van der Waals surface area (Å²) in [6, 6.07) is 18.5. The first-order valence-corrected chi connectivity index (χ1v) is 19.0. The standard InChI is InChI=1S/C39H55O4P/c1-28(2)13-12-14-29(3)35-21-22-36-34-20-19-30-27-33(23-25-38(30,4)37(34)24-26-39(35,36)5)43-44(40,41-31-15-8-6-9-16-31)42-32-17-10-7-11-18-32/h6-11,15-19,28-29,33-37H,12-14,20-27H2,1-5H3/t29-,33+,34+,35-,36+,37+,38+,39-/m1/s1. The SMILES string of the molecule is CC(C)CCC[C@@H](C)[C@H]1CC[C@H]2[C@@H]3CC=C4C[C@@H](OP(=O)(Oc5ccccc5)Oc5ccccc5)CC[C@]4(C)[C@H]3CC[C@]12C. The van der Waals surface area contributed by atoms with E-state index in [1.165, 1.54) is 56.9 Å². The van der Waals surface area contributed by atoms with Crippen LogP contribution in [0.1, 0.15) is 105 Å². The van der Waals surface area contributed by atoms with Crippen LogP contribution in [0.25, 0.3) is 0 Å². The van der Waals surface area contributed by atoms with E-state index in [-0.39, 0.29) is 11.5 Å². The molecule has 3 saturated carbocycles. The van der Waals surface area contributed by atoms with Gasteiger partial charge in [-0.15, -0.1) is 0 Å². The predicted molar refractivity (Wildman–Crippen MR) is 180 cm³/mol. The summed E-state index contributed by atoms with van der Waals surface area (Å²) in [5.74, 6) is 5.89. The van der Waals surface area contributed by atoms with Crippen molar-refractivity contribution in [1.29, 1.82) is 0 Å². The molecule has 4 aliphatic carbocycles. The third-order valence-corrected chi connectivity index (χ3v) is 13.9. The molecule has 2 aromatic carbocycles. The molecule has 0 N–H and O–H groups in total. The van der Waals surface area contributed by atoms with Crippen LogP contribution in [0.2, 0.25) is 0 Å². The highest BCUT2D eigenvalue weighted by molar-refractivity contribution is 7.49. The molecule has 0 unspecified atom stereocenters. The summed E-state index contributed by atoms with van der Waals surface area (Å²) in [6.07, 6.45) is 16.0. The third-order valence-electron chi connectivity index (χ3n) is 12.5. The van der Waals surface area contributed by atoms with Gasteiger partial charge in [0.1, 0.15) is 11.5 Å². The maximum absolute atomic E-state index is 14.1. The summed E-state index contributed by atoms with van der Waals surface area (Å²) in [5, 5.41) is 0. The number of phosphoric ester groups is 1. The van der Waals surface area contributed by atoms with E-state index in [2.05, 4.69) is 40.7 Å². The van der Waals surface area contributed by atoms with Gasteiger partial charge < -0.3 is 9.05 Å². The predicted octanol–water partition coefficient (Wildman–Crippen LogP) is 11.7. The van der Waals surface area contributed by atoms with Gasteiger partial charge in [0.2, 0.25) is 0 Å². The fourth-order valence-corrected chi connectivity index (χ4v) is 11.6. The normalized spacial score (nSPS) is 34.0. The van der Waals surface area contributed by atoms with Crippen LogP contribution in [0, 0.1) is 46.3 Å². The summed E-state index contributed by atoms with van der Waals surface area (Å²) in [5.41, 5.74) is 2.22. The summed E-state index contributed by atoms with van der Waals surface area (Å²) >= 11 is 0. The zero-order valence-electron chi connectivity index (χ0n) is 27.8. The largest absolute Gasteiger partial charge is 0.587 e. The van der Waals surface area contributed by atoms with Crippen molar-refractivity contribution in [2.45, 2.75) is 111 Å². The Morgan fingerprint density at radius 3 is 2.11 bits per heavy atom. The lowest BCUT2D eigenvalue weighted by atomic mass is 9.47. The van der Waals surface area contributed by atoms with Crippen molar-refractivity contribution in [2.24, 2.45) is 46.3 Å². The van der Waals surface area contributed by atoms with Gasteiger partial charge in [0, 0.05) is 0 Å². The second-order valence-electron chi connectivity index (χ2n) is 15.5. The molecule has 44 heavy (non-hydrogen) atoms. The number of fused-ring (bicyclic) bond motifs is 5. The van der Waals surface area contributed by atoms with E-state index in [9.17, 15) is 4.57 Å². The average molecular weight is 619 g/mol. The van der Waals surface area contributed by atoms with E-state index in [4.69, 9.17) is 13.6 Å². The minimum Gasteiger partial charge on any atom is -0.395 e. The monoisotopic (exact) mass is 618 g/mol. The van der Waals surface area contributed by atoms with Crippen molar-refractivity contribution in [3.8, 4) is 11.5 Å². The number of hydrogen-bond donors (Lipinski definition) is 0. The van der Waals surface area contributed by atoms with Gasteiger partial charge >= 0.3 is 7.82 Å². The molecule has 0 aromatic heterocycles. The molecular weight excluding hydrogens is 563 g/mol. The van der Waals surface area contributed by atoms with Crippen LogP contribution in [0.3, 0.4) is 0 Å². The highest BCUT2D eigenvalue weighted by atomic mass is 31.2. The third kappa shape index (κ3) is 6.46. The Labute approximate surface area is 267 Å². The highest BCUT2D eigenvalue weighted by Crippen LogP contribution is 2.68. The number of rotatable bonds is 11. The van der Waals surface area contributed by atoms with Crippen molar-refractivity contribution in [2.75, 3.05) is 0 Å². The lowest BCUT2D eigenvalue weighted by molar-refractivity contribution is -0.0568. The average Bonchev–Trinajstić information content (AvgIpc) is 3.35. The van der Waals surface area contributed by atoms with Crippen LogP contribution in [-0.4, -0.2) is 6.10 Å². The number of phosphoric acid groups is 1. The Hall–Kier alpha value is -2.03. The Morgan fingerprint density at radius 1 is 0.818 bits per heavy atom. The molecule has 6 rings (SSSR count). The van der Waals surface area contributed by atoms with Crippen LogP contribution in [0.15, 0.2) is 72.3 Å². The van der Waals surface area contributed by atoms with Crippen molar-refractivity contribution < 1.29 is 18.1 Å². The summed E-state index contributed by atoms with van der Waals surface area (Å²) in [4.78, 5) is 0. The summed E-state index contributed by atoms with van der Waals surface area (Å²) in [6.45, 7) is 12.5. The molecule has 8 atom stereocenters. The fraction of sp³-hybridized carbons (Fsp3) is 0.641. The minimum atomic E-state index is -3.91. The second-order valence-corrected chi connectivity index (χ2v) is 17.0. The molecule has 0 aliphatic heterocycles. The van der Waals surface area contributed by atoms with Gasteiger partial charge in [0.05, 0.1) is 6.10 Å². The Morgan fingerprint density at radius 2 is 1.48 bits per heavy atom. The topological polar surface area (TPSA) is 44.8 Å². The molecule has 4 nitrogen and oxygen atoms in total. The highest BCUT2D eigenvalue weighted by Gasteiger charge is 2.59. The Bertz CT molecular complexity index is 1280. The Balaban J connectivity index is 1.15. The molecule has 4 aliphatic rings. The molecule has 0 amide bonds. The van der Waals surface area contributed by atoms with Crippen molar-refractivity contribution in [3.63, 3.8) is 0 Å². The van der Waals surface area contributed by atoms with Gasteiger partial charge in [-0.25, -0.2) is 4.57 Å². The molecular formula is C39H55O4P. The molecule has 3 fully saturated rings. The van der Waals surface area contributed by atoms with Gasteiger partial charge in [0.15, 0.2) is 0 Å². The van der Waals surface area contributed by atoms with E-state index in [1.54, 1.807) is 24.3 Å². The Kier molecular flexibility index (Phi) is 9.43. The molecule has 0 bridgehead atoms. The molecule has 2 aromatic rings.